The van der Waals surface area contributed by atoms with Crippen molar-refractivity contribution in [3.8, 4) is 0 Å². The summed E-state index contributed by atoms with van der Waals surface area (Å²) in [5.74, 6) is 0.468. The van der Waals surface area contributed by atoms with E-state index in [9.17, 15) is 9.59 Å². The molecule has 0 spiro atoms. The third-order valence-electron chi connectivity index (χ3n) is 5.33. The number of amides is 3. The monoisotopic (exact) mass is 380 g/mol. The molecular weight excluding hydrogens is 352 g/mol. The van der Waals surface area contributed by atoms with Crippen LogP contribution in [-0.2, 0) is 0 Å². The molecule has 1 heterocycles. The fourth-order valence-electron chi connectivity index (χ4n) is 3.51. The standard InChI is InChI=1S/C22H28N4O2/c1-15-8-9-18(21(27)26-12-10-17(11-13-26)16(2)23)14-20(15)25-22(28)24-19-6-4-3-5-7-19/h3-9,14,16-17H,10-13,23H2,1-2H3,(H2,24,25,28). The van der Waals surface area contributed by atoms with Gasteiger partial charge in [0.05, 0.1) is 0 Å². The van der Waals surface area contributed by atoms with Crippen LogP contribution < -0.4 is 16.4 Å². The number of piperidine rings is 1. The molecule has 1 aliphatic rings. The molecule has 1 aliphatic heterocycles. The van der Waals surface area contributed by atoms with Crippen LogP contribution in [0.1, 0.15) is 35.7 Å². The number of carbonyl (C=O) groups is 2. The van der Waals surface area contributed by atoms with E-state index in [0.29, 0.717) is 22.9 Å². The predicted molar refractivity (Wildman–Crippen MR) is 113 cm³/mol. The van der Waals surface area contributed by atoms with Crippen LogP contribution in [0, 0.1) is 12.8 Å². The lowest BCUT2D eigenvalue weighted by Gasteiger charge is -2.33. The zero-order chi connectivity index (χ0) is 20.1. The Kier molecular flexibility index (Phi) is 6.31. The molecule has 0 aromatic heterocycles. The van der Waals surface area contributed by atoms with Crippen molar-refractivity contribution >= 4 is 23.3 Å². The molecule has 0 bridgehead atoms. The Morgan fingerprint density at radius 3 is 2.39 bits per heavy atom. The molecule has 1 saturated heterocycles. The van der Waals surface area contributed by atoms with Gasteiger partial charge in [-0.25, -0.2) is 4.79 Å². The first-order valence-electron chi connectivity index (χ1n) is 9.72. The summed E-state index contributed by atoms with van der Waals surface area (Å²) in [6, 6.07) is 14.5. The molecule has 0 radical (unpaired) electrons. The van der Waals surface area contributed by atoms with Gasteiger partial charge in [-0.05, 0) is 62.4 Å². The average molecular weight is 380 g/mol. The normalized spacial score (nSPS) is 15.8. The molecule has 4 N–H and O–H groups in total. The average Bonchev–Trinajstić information content (AvgIpc) is 2.70. The highest BCUT2D eigenvalue weighted by Gasteiger charge is 2.25. The highest BCUT2D eigenvalue weighted by atomic mass is 16.2. The van der Waals surface area contributed by atoms with Crippen molar-refractivity contribution in [2.24, 2.45) is 11.7 Å². The molecule has 0 aliphatic carbocycles. The summed E-state index contributed by atoms with van der Waals surface area (Å²) in [5.41, 5.74) is 8.81. The first kappa shape index (κ1) is 19.9. The number of nitrogens with two attached hydrogens (primary N) is 1. The molecule has 1 unspecified atom stereocenters. The maximum Gasteiger partial charge on any atom is 0.323 e. The SMILES string of the molecule is Cc1ccc(C(=O)N2CCC(C(C)N)CC2)cc1NC(=O)Nc1ccccc1. The minimum absolute atomic E-state index is 0.00496. The number of rotatable bonds is 4. The zero-order valence-corrected chi connectivity index (χ0v) is 16.4. The lowest BCUT2D eigenvalue weighted by molar-refractivity contribution is 0.0681. The molecule has 2 aromatic carbocycles. The van der Waals surface area contributed by atoms with Gasteiger partial charge in [-0.2, -0.15) is 0 Å². The smallest absolute Gasteiger partial charge is 0.323 e. The van der Waals surface area contributed by atoms with Gasteiger partial charge in [-0.3, -0.25) is 4.79 Å². The molecule has 1 fully saturated rings. The molecule has 3 amide bonds. The van der Waals surface area contributed by atoms with Gasteiger partial charge in [0.15, 0.2) is 0 Å². The van der Waals surface area contributed by atoms with Crippen molar-refractivity contribution in [3.63, 3.8) is 0 Å². The van der Waals surface area contributed by atoms with Crippen LogP contribution in [0.3, 0.4) is 0 Å². The number of urea groups is 1. The Morgan fingerprint density at radius 1 is 1.07 bits per heavy atom. The maximum absolute atomic E-state index is 12.9. The summed E-state index contributed by atoms with van der Waals surface area (Å²) >= 11 is 0. The number of nitrogens with zero attached hydrogens (tertiary/aromatic N) is 1. The third kappa shape index (κ3) is 4.89. The topological polar surface area (TPSA) is 87.5 Å². The van der Waals surface area contributed by atoms with Gasteiger partial charge in [0.1, 0.15) is 0 Å². The molecule has 6 nitrogen and oxygen atoms in total. The van der Waals surface area contributed by atoms with Crippen molar-refractivity contribution < 1.29 is 9.59 Å². The Labute approximate surface area is 166 Å². The Bertz CT molecular complexity index is 828. The first-order chi connectivity index (χ1) is 13.4. The quantitative estimate of drug-likeness (QED) is 0.753. The van der Waals surface area contributed by atoms with E-state index >= 15 is 0 Å². The Balaban J connectivity index is 1.66. The van der Waals surface area contributed by atoms with Gasteiger partial charge < -0.3 is 21.3 Å². The van der Waals surface area contributed by atoms with Gasteiger partial charge in [-0.15, -0.1) is 0 Å². The highest BCUT2D eigenvalue weighted by molar-refractivity contribution is 6.02. The largest absolute Gasteiger partial charge is 0.339 e. The van der Waals surface area contributed by atoms with Gasteiger partial charge in [0.25, 0.3) is 5.91 Å². The number of benzene rings is 2. The molecule has 6 heteroatoms. The van der Waals surface area contributed by atoms with Gasteiger partial charge in [0.2, 0.25) is 0 Å². The van der Waals surface area contributed by atoms with E-state index in [1.165, 1.54) is 0 Å². The third-order valence-corrected chi connectivity index (χ3v) is 5.33. The van der Waals surface area contributed by atoms with Crippen molar-refractivity contribution in [3.05, 3.63) is 59.7 Å². The van der Waals surface area contributed by atoms with Crippen LogP contribution in [0.4, 0.5) is 16.2 Å². The van der Waals surface area contributed by atoms with E-state index < -0.39 is 0 Å². The van der Waals surface area contributed by atoms with E-state index in [1.807, 2.05) is 61.2 Å². The van der Waals surface area contributed by atoms with Crippen LogP contribution >= 0.6 is 0 Å². The predicted octanol–water partition coefficient (Wildman–Crippen LogP) is 3.84. The molecule has 2 aromatic rings. The molecule has 28 heavy (non-hydrogen) atoms. The molecule has 148 valence electrons. The number of hydrogen-bond acceptors (Lipinski definition) is 3. The lowest BCUT2D eigenvalue weighted by Crippen LogP contribution is -2.42. The minimum atomic E-state index is -0.336. The first-order valence-corrected chi connectivity index (χ1v) is 9.72. The number of anilines is 2. The van der Waals surface area contributed by atoms with Crippen LogP contribution in [0.2, 0.25) is 0 Å². The summed E-state index contributed by atoms with van der Waals surface area (Å²) in [5, 5.41) is 5.63. The fraction of sp³-hybridized carbons (Fsp3) is 0.364. The van der Waals surface area contributed by atoms with Crippen molar-refractivity contribution in [2.45, 2.75) is 32.7 Å². The molecule has 3 rings (SSSR count). The van der Waals surface area contributed by atoms with Crippen LogP contribution in [0.15, 0.2) is 48.5 Å². The zero-order valence-electron chi connectivity index (χ0n) is 16.4. The number of hydrogen-bond donors (Lipinski definition) is 3. The summed E-state index contributed by atoms with van der Waals surface area (Å²) in [7, 11) is 0. The number of carbonyl (C=O) groups excluding carboxylic acids is 2. The van der Waals surface area contributed by atoms with Crippen molar-refractivity contribution in [1.29, 1.82) is 0 Å². The molecule has 0 saturated carbocycles. The minimum Gasteiger partial charge on any atom is -0.339 e. The Morgan fingerprint density at radius 2 is 1.75 bits per heavy atom. The second-order valence-electron chi connectivity index (χ2n) is 7.46. The van der Waals surface area contributed by atoms with Gasteiger partial charge in [-0.1, -0.05) is 24.3 Å². The van der Waals surface area contributed by atoms with Gasteiger partial charge in [0, 0.05) is 36.1 Å². The second-order valence-corrected chi connectivity index (χ2v) is 7.46. The van der Waals surface area contributed by atoms with E-state index in [1.54, 1.807) is 6.07 Å². The summed E-state index contributed by atoms with van der Waals surface area (Å²) < 4.78 is 0. The number of para-hydroxylation sites is 1. The Hall–Kier alpha value is -2.86. The summed E-state index contributed by atoms with van der Waals surface area (Å²) in [6.07, 6.45) is 1.86. The summed E-state index contributed by atoms with van der Waals surface area (Å²) in [6.45, 7) is 5.37. The van der Waals surface area contributed by atoms with E-state index in [2.05, 4.69) is 10.6 Å². The van der Waals surface area contributed by atoms with E-state index in [0.717, 1.165) is 31.5 Å². The van der Waals surface area contributed by atoms with E-state index in [-0.39, 0.29) is 18.0 Å². The number of nitrogens with one attached hydrogen (secondary N) is 2. The number of likely N-dealkylation sites (tertiary alicyclic amines) is 1. The van der Waals surface area contributed by atoms with Crippen LogP contribution in [0.5, 0.6) is 0 Å². The number of aryl methyl sites for hydroxylation is 1. The molecule has 1 atom stereocenters. The molecular formula is C22H28N4O2. The van der Waals surface area contributed by atoms with Gasteiger partial charge >= 0.3 is 6.03 Å². The maximum atomic E-state index is 12.9. The van der Waals surface area contributed by atoms with Crippen molar-refractivity contribution in [1.82, 2.24) is 4.90 Å². The highest BCUT2D eigenvalue weighted by Crippen LogP contribution is 2.23. The van der Waals surface area contributed by atoms with E-state index in [4.69, 9.17) is 5.73 Å². The van der Waals surface area contributed by atoms with Crippen molar-refractivity contribution in [2.75, 3.05) is 23.7 Å². The lowest BCUT2D eigenvalue weighted by atomic mass is 9.90. The summed E-state index contributed by atoms with van der Waals surface area (Å²) in [4.78, 5) is 27.0. The van der Waals surface area contributed by atoms with Crippen LogP contribution in [-0.4, -0.2) is 36.0 Å². The fourth-order valence-corrected chi connectivity index (χ4v) is 3.51. The van der Waals surface area contributed by atoms with Crippen LogP contribution in [0.25, 0.3) is 0 Å². The second kappa shape index (κ2) is 8.89.